The lowest BCUT2D eigenvalue weighted by molar-refractivity contribution is 0.249. The minimum Gasteiger partial charge on any atom is -0.493 e. The van der Waals surface area contributed by atoms with Gasteiger partial charge in [-0.1, -0.05) is 23.8 Å². The number of rotatable bonds is 7. The number of piperazine rings is 1. The lowest BCUT2D eigenvalue weighted by Crippen LogP contribution is -2.45. The number of anilines is 1. The molecule has 0 radical (unpaired) electrons. The minimum atomic E-state index is 0.700. The molecule has 0 N–H and O–H groups in total. The third kappa shape index (κ3) is 5.56. The Balaban J connectivity index is 1.32. The maximum absolute atomic E-state index is 8.97. The molecule has 0 saturated carbocycles. The molecule has 0 amide bonds. The van der Waals surface area contributed by atoms with Crippen molar-refractivity contribution >= 4 is 17.7 Å². The number of benzene rings is 3. The van der Waals surface area contributed by atoms with Crippen LogP contribution >= 0.6 is 12.0 Å². The van der Waals surface area contributed by atoms with E-state index in [-0.39, 0.29) is 0 Å². The second kappa shape index (κ2) is 10.4. The maximum atomic E-state index is 8.97. The summed E-state index contributed by atoms with van der Waals surface area (Å²) < 4.78 is 11.5. The largest absolute Gasteiger partial charge is 0.493 e. The Kier molecular flexibility index (Phi) is 7.21. The standard InChI is InChI=1S/C26H27N3O2S/c1-20-3-10-24(11-4-20)32-31-25-12-7-22(17-26(25)30-2)19-28-13-15-29(16-14-28)23-8-5-21(18-27)6-9-23/h3-12,17H,13-16,19H2,1-2H3. The van der Waals surface area contributed by atoms with Gasteiger partial charge in [-0.15, -0.1) is 0 Å². The van der Waals surface area contributed by atoms with Gasteiger partial charge in [0.15, 0.2) is 11.5 Å². The van der Waals surface area contributed by atoms with Crippen LogP contribution in [-0.2, 0) is 6.54 Å². The van der Waals surface area contributed by atoms with Crippen LogP contribution in [0.25, 0.3) is 0 Å². The molecule has 6 heteroatoms. The molecule has 0 aromatic heterocycles. The Morgan fingerprint density at radius 3 is 2.28 bits per heavy atom. The Labute approximate surface area is 194 Å². The van der Waals surface area contributed by atoms with E-state index in [4.69, 9.17) is 14.2 Å². The molecule has 1 heterocycles. The van der Waals surface area contributed by atoms with Gasteiger partial charge in [0, 0.05) is 43.3 Å². The normalized spacial score (nSPS) is 14.1. The van der Waals surface area contributed by atoms with Crippen molar-refractivity contribution in [2.24, 2.45) is 0 Å². The van der Waals surface area contributed by atoms with Crippen LogP contribution in [0.15, 0.2) is 71.6 Å². The molecule has 1 aliphatic rings. The summed E-state index contributed by atoms with van der Waals surface area (Å²) in [5.41, 5.74) is 4.32. The molecule has 0 spiro atoms. The topological polar surface area (TPSA) is 48.7 Å². The monoisotopic (exact) mass is 445 g/mol. The van der Waals surface area contributed by atoms with E-state index in [1.54, 1.807) is 7.11 Å². The van der Waals surface area contributed by atoms with Gasteiger partial charge in [-0.2, -0.15) is 5.26 Å². The molecule has 3 aromatic carbocycles. The predicted octanol–water partition coefficient (Wildman–Crippen LogP) is 5.28. The number of ether oxygens (including phenoxy) is 1. The van der Waals surface area contributed by atoms with Crippen LogP contribution in [0.3, 0.4) is 0 Å². The number of methoxy groups -OCH3 is 1. The molecule has 1 aliphatic heterocycles. The van der Waals surface area contributed by atoms with E-state index in [0.29, 0.717) is 5.56 Å². The highest BCUT2D eigenvalue weighted by Gasteiger charge is 2.18. The first-order chi connectivity index (χ1) is 15.6. The van der Waals surface area contributed by atoms with Gasteiger partial charge in [0.25, 0.3) is 0 Å². The van der Waals surface area contributed by atoms with Crippen molar-refractivity contribution in [3.05, 3.63) is 83.4 Å². The van der Waals surface area contributed by atoms with Crippen molar-refractivity contribution < 1.29 is 8.92 Å². The van der Waals surface area contributed by atoms with E-state index in [2.05, 4.69) is 59.2 Å². The smallest absolute Gasteiger partial charge is 0.179 e. The second-order valence-corrected chi connectivity index (χ2v) is 8.69. The number of nitriles is 1. The van der Waals surface area contributed by atoms with Crippen molar-refractivity contribution in [3.8, 4) is 17.6 Å². The van der Waals surface area contributed by atoms with E-state index < -0.39 is 0 Å². The first-order valence-corrected chi connectivity index (χ1v) is 11.4. The van der Waals surface area contributed by atoms with Crippen LogP contribution in [-0.4, -0.2) is 38.2 Å². The third-order valence-corrected chi connectivity index (χ3v) is 6.34. The highest BCUT2D eigenvalue weighted by molar-refractivity contribution is 7.95. The van der Waals surface area contributed by atoms with Crippen LogP contribution in [0.4, 0.5) is 5.69 Å². The molecule has 0 atom stereocenters. The fraction of sp³-hybridized carbons (Fsp3) is 0.269. The SMILES string of the molecule is COc1cc(CN2CCN(c3ccc(C#N)cc3)CC2)ccc1OSc1ccc(C)cc1. The molecule has 0 unspecified atom stereocenters. The first kappa shape index (κ1) is 22.1. The van der Waals surface area contributed by atoms with E-state index in [0.717, 1.165) is 49.1 Å². The van der Waals surface area contributed by atoms with E-state index in [9.17, 15) is 0 Å². The van der Waals surface area contributed by atoms with Crippen molar-refractivity contribution in [2.75, 3.05) is 38.2 Å². The summed E-state index contributed by atoms with van der Waals surface area (Å²) in [6.45, 7) is 6.87. The highest BCUT2D eigenvalue weighted by Crippen LogP contribution is 2.33. The predicted molar refractivity (Wildman–Crippen MR) is 129 cm³/mol. The zero-order chi connectivity index (χ0) is 22.3. The summed E-state index contributed by atoms with van der Waals surface area (Å²) in [7, 11) is 1.68. The van der Waals surface area contributed by atoms with Crippen LogP contribution in [0, 0.1) is 18.3 Å². The zero-order valence-electron chi connectivity index (χ0n) is 18.5. The van der Waals surface area contributed by atoms with Gasteiger partial charge in [0.2, 0.25) is 0 Å². The van der Waals surface area contributed by atoms with Gasteiger partial charge in [-0.25, -0.2) is 0 Å². The molecule has 0 aliphatic carbocycles. The lowest BCUT2D eigenvalue weighted by Gasteiger charge is -2.36. The van der Waals surface area contributed by atoms with Crippen molar-refractivity contribution in [2.45, 2.75) is 18.4 Å². The molecule has 4 rings (SSSR count). The van der Waals surface area contributed by atoms with Gasteiger partial charge in [0.05, 0.1) is 30.8 Å². The van der Waals surface area contributed by atoms with E-state index in [1.807, 2.05) is 30.3 Å². The molecule has 164 valence electrons. The first-order valence-electron chi connectivity index (χ1n) is 10.7. The van der Waals surface area contributed by atoms with Gasteiger partial charge >= 0.3 is 0 Å². The van der Waals surface area contributed by atoms with Gasteiger partial charge in [0.1, 0.15) is 0 Å². The van der Waals surface area contributed by atoms with Crippen molar-refractivity contribution in [3.63, 3.8) is 0 Å². The Bertz CT molecular complexity index is 1070. The summed E-state index contributed by atoms with van der Waals surface area (Å²) in [5, 5.41) is 8.97. The molecule has 3 aromatic rings. The van der Waals surface area contributed by atoms with Crippen LogP contribution in [0.5, 0.6) is 11.5 Å². The molecule has 1 saturated heterocycles. The fourth-order valence-electron chi connectivity index (χ4n) is 3.74. The summed E-state index contributed by atoms with van der Waals surface area (Å²) in [4.78, 5) is 5.88. The minimum absolute atomic E-state index is 0.700. The fourth-order valence-corrected chi connectivity index (χ4v) is 4.31. The zero-order valence-corrected chi connectivity index (χ0v) is 19.3. The Hall–Kier alpha value is -3.14. The molecule has 32 heavy (non-hydrogen) atoms. The third-order valence-electron chi connectivity index (χ3n) is 5.62. The maximum Gasteiger partial charge on any atom is 0.179 e. The molecular weight excluding hydrogens is 418 g/mol. The van der Waals surface area contributed by atoms with Crippen molar-refractivity contribution in [1.29, 1.82) is 5.26 Å². The molecule has 0 bridgehead atoms. The van der Waals surface area contributed by atoms with Gasteiger partial charge < -0.3 is 13.8 Å². The summed E-state index contributed by atoms with van der Waals surface area (Å²) in [5.74, 6) is 1.48. The molecule has 1 fully saturated rings. The van der Waals surface area contributed by atoms with Gasteiger partial charge in [-0.3, -0.25) is 4.90 Å². The number of aryl methyl sites for hydroxylation is 1. The number of nitrogens with zero attached hydrogens (tertiary/aromatic N) is 3. The quantitative estimate of drug-likeness (QED) is 0.461. The van der Waals surface area contributed by atoms with Crippen molar-refractivity contribution in [1.82, 2.24) is 4.90 Å². The second-order valence-electron chi connectivity index (χ2n) is 7.89. The average molecular weight is 446 g/mol. The summed E-state index contributed by atoms with van der Waals surface area (Å²) in [6, 6.07) is 24.4. The Morgan fingerprint density at radius 2 is 1.62 bits per heavy atom. The number of hydrogen-bond donors (Lipinski definition) is 0. The highest BCUT2D eigenvalue weighted by atomic mass is 32.2. The van der Waals surface area contributed by atoms with E-state index >= 15 is 0 Å². The van der Waals surface area contributed by atoms with Gasteiger partial charge in [-0.05, 0) is 61.0 Å². The van der Waals surface area contributed by atoms with Crippen LogP contribution in [0.1, 0.15) is 16.7 Å². The lowest BCUT2D eigenvalue weighted by atomic mass is 10.1. The van der Waals surface area contributed by atoms with Crippen LogP contribution in [0.2, 0.25) is 0 Å². The molecular formula is C26H27N3O2S. The summed E-state index contributed by atoms with van der Waals surface area (Å²) >= 11 is 1.34. The Morgan fingerprint density at radius 1 is 0.906 bits per heavy atom. The molecule has 5 nitrogen and oxygen atoms in total. The number of hydrogen-bond acceptors (Lipinski definition) is 6. The van der Waals surface area contributed by atoms with E-state index in [1.165, 1.54) is 28.9 Å². The average Bonchev–Trinajstić information content (AvgIpc) is 2.84. The van der Waals surface area contributed by atoms with Crippen LogP contribution < -0.4 is 13.8 Å². The summed E-state index contributed by atoms with van der Waals surface area (Å²) in [6.07, 6.45) is 0.